The molecule has 1 amide bonds. The van der Waals surface area contributed by atoms with Crippen molar-refractivity contribution in [3.63, 3.8) is 0 Å². The lowest BCUT2D eigenvalue weighted by Crippen LogP contribution is -2.39. The minimum Gasteiger partial charge on any atom is -0.493 e. The summed E-state index contributed by atoms with van der Waals surface area (Å²) in [4.78, 5) is 37.1. The van der Waals surface area contributed by atoms with E-state index in [2.05, 4.69) is 10.1 Å². The fourth-order valence-electron chi connectivity index (χ4n) is 3.56. The molecular formula is C26H25FN2O9S. The molecule has 1 N–H and O–H groups in total. The summed E-state index contributed by atoms with van der Waals surface area (Å²) in [6, 6.07) is 12.5. The number of amides is 1. The average molecular weight is 561 g/mol. The maximum Gasteiger partial charge on any atom is 0.339 e. The molecule has 0 radical (unpaired) electrons. The lowest BCUT2D eigenvalue weighted by atomic mass is 10.1. The number of halogens is 1. The number of carbonyl (C=O) groups excluding carboxylic acids is 3. The second-order valence-electron chi connectivity index (χ2n) is 7.77. The summed E-state index contributed by atoms with van der Waals surface area (Å²) in [5.41, 5.74) is -0.659. The topological polar surface area (TPSA) is 138 Å². The first-order valence-corrected chi connectivity index (χ1v) is 12.6. The number of nitrogens with one attached hydrogen (secondary N) is 1. The SMILES string of the molecule is COC(=O)c1ccc(C(=O)OC)c(NC(=O)CN(c2ccccc2F)S(=O)(=O)c2ccc(OC)c(OC)c2)c1. The van der Waals surface area contributed by atoms with Crippen molar-refractivity contribution in [3.8, 4) is 11.5 Å². The molecule has 0 bridgehead atoms. The van der Waals surface area contributed by atoms with Crippen molar-refractivity contribution in [2.24, 2.45) is 0 Å². The Balaban J connectivity index is 2.06. The van der Waals surface area contributed by atoms with Gasteiger partial charge < -0.3 is 24.3 Å². The Morgan fingerprint density at radius 3 is 2.13 bits per heavy atom. The summed E-state index contributed by atoms with van der Waals surface area (Å²) in [7, 11) is 0.421. The summed E-state index contributed by atoms with van der Waals surface area (Å²) >= 11 is 0. The molecule has 0 saturated heterocycles. The molecule has 0 aliphatic heterocycles. The molecule has 3 aromatic carbocycles. The molecule has 0 aromatic heterocycles. The average Bonchev–Trinajstić information content (AvgIpc) is 2.94. The number of rotatable bonds is 10. The molecule has 0 fully saturated rings. The van der Waals surface area contributed by atoms with Gasteiger partial charge >= 0.3 is 11.9 Å². The number of hydrogen-bond acceptors (Lipinski definition) is 9. The summed E-state index contributed by atoms with van der Waals surface area (Å²) in [6.07, 6.45) is 0. The fraction of sp³-hybridized carbons (Fsp3) is 0.192. The highest BCUT2D eigenvalue weighted by atomic mass is 32.2. The van der Waals surface area contributed by atoms with Gasteiger partial charge in [-0.15, -0.1) is 0 Å². The van der Waals surface area contributed by atoms with Gasteiger partial charge in [-0.3, -0.25) is 9.10 Å². The van der Waals surface area contributed by atoms with Crippen LogP contribution < -0.4 is 19.1 Å². The molecule has 3 aromatic rings. The molecular weight excluding hydrogens is 535 g/mol. The predicted molar refractivity (Wildman–Crippen MR) is 138 cm³/mol. The molecule has 0 aliphatic carbocycles. The van der Waals surface area contributed by atoms with Crippen LogP contribution in [-0.4, -0.2) is 61.2 Å². The third kappa shape index (κ3) is 6.26. The van der Waals surface area contributed by atoms with Crippen molar-refractivity contribution in [2.45, 2.75) is 4.90 Å². The quantitative estimate of drug-likeness (QED) is 0.370. The van der Waals surface area contributed by atoms with Gasteiger partial charge in [0.25, 0.3) is 10.0 Å². The van der Waals surface area contributed by atoms with Gasteiger partial charge in [0.15, 0.2) is 11.5 Å². The molecule has 0 atom stereocenters. The number of nitrogens with zero attached hydrogens (tertiary/aromatic N) is 1. The molecule has 0 heterocycles. The van der Waals surface area contributed by atoms with E-state index in [0.717, 1.165) is 20.3 Å². The number of methoxy groups -OCH3 is 4. The molecule has 0 spiro atoms. The highest BCUT2D eigenvalue weighted by Gasteiger charge is 2.30. The van der Waals surface area contributed by atoms with Gasteiger partial charge in [-0.1, -0.05) is 12.1 Å². The van der Waals surface area contributed by atoms with Gasteiger partial charge in [-0.2, -0.15) is 0 Å². The normalized spacial score (nSPS) is 10.8. The van der Waals surface area contributed by atoms with Crippen LogP contribution in [0.1, 0.15) is 20.7 Å². The van der Waals surface area contributed by atoms with E-state index in [1.165, 1.54) is 68.8 Å². The van der Waals surface area contributed by atoms with Crippen molar-refractivity contribution < 1.29 is 46.1 Å². The Kier molecular flexibility index (Phi) is 9.09. The van der Waals surface area contributed by atoms with Crippen molar-refractivity contribution in [3.05, 3.63) is 77.6 Å². The Bertz CT molecular complexity index is 1510. The van der Waals surface area contributed by atoms with Crippen molar-refractivity contribution in [2.75, 3.05) is 44.6 Å². The molecule has 13 heteroatoms. The van der Waals surface area contributed by atoms with Crippen LogP contribution in [0.5, 0.6) is 11.5 Å². The van der Waals surface area contributed by atoms with Gasteiger partial charge in [0.05, 0.1) is 55.8 Å². The van der Waals surface area contributed by atoms with Gasteiger partial charge in [0, 0.05) is 6.07 Å². The van der Waals surface area contributed by atoms with E-state index in [9.17, 15) is 27.2 Å². The predicted octanol–water partition coefficient (Wildman–Crippen LogP) is 3.25. The number of esters is 2. The van der Waals surface area contributed by atoms with Crippen molar-refractivity contribution in [1.29, 1.82) is 0 Å². The van der Waals surface area contributed by atoms with E-state index in [0.29, 0.717) is 4.31 Å². The monoisotopic (exact) mass is 560 g/mol. The van der Waals surface area contributed by atoms with Gasteiger partial charge in [-0.05, 0) is 42.5 Å². The molecule has 206 valence electrons. The van der Waals surface area contributed by atoms with E-state index in [4.69, 9.17) is 14.2 Å². The maximum atomic E-state index is 14.8. The summed E-state index contributed by atoms with van der Waals surface area (Å²) < 4.78 is 62.5. The van der Waals surface area contributed by atoms with Gasteiger partial charge in [0.2, 0.25) is 5.91 Å². The maximum absolute atomic E-state index is 14.8. The van der Waals surface area contributed by atoms with E-state index in [1.807, 2.05) is 0 Å². The number of anilines is 2. The van der Waals surface area contributed by atoms with Crippen LogP contribution in [0.2, 0.25) is 0 Å². The summed E-state index contributed by atoms with van der Waals surface area (Å²) in [5.74, 6) is -3.07. The smallest absolute Gasteiger partial charge is 0.339 e. The molecule has 0 aliphatic rings. The van der Waals surface area contributed by atoms with Crippen LogP contribution in [0.15, 0.2) is 65.6 Å². The number of ether oxygens (including phenoxy) is 4. The first kappa shape index (κ1) is 28.9. The second-order valence-corrected chi connectivity index (χ2v) is 9.63. The van der Waals surface area contributed by atoms with E-state index in [1.54, 1.807) is 0 Å². The minimum absolute atomic E-state index is 0.00404. The molecule has 11 nitrogen and oxygen atoms in total. The Labute approximate surface area is 224 Å². The molecule has 0 saturated carbocycles. The third-order valence-corrected chi connectivity index (χ3v) is 7.23. The number of sulfonamides is 1. The zero-order chi connectivity index (χ0) is 28.7. The van der Waals surface area contributed by atoms with E-state index < -0.39 is 45.9 Å². The van der Waals surface area contributed by atoms with E-state index >= 15 is 0 Å². The van der Waals surface area contributed by atoms with Crippen LogP contribution in [0.4, 0.5) is 15.8 Å². The number of benzene rings is 3. The minimum atomic E-state index is -4.55. The van der Waals surface area contributed by atoms with Gasteiger partial charge in [-0.25, -0.2) is 22.4 Å². The zero-order valence-corrected chi connectivity index (χ0v) is 22.2. The van der Waals surface area contributed by atoms with Crippen LogP contribution in [0.25, 0.3) is 0 Å². The highest BCUT2D eigenvalue weighted by molar-refractivity contribution is 7.92. The number of hydrogen-bond donors (Lipinski definition) is 1. The number of para-hydroxylation sites is 1. The standard InChI is InChI=1S/C26H25FN2O9S/c1-35-22-12-10-17(14-23(22)36-2)39(33,34)29(21-8-6-5-7-19(21)27)15-24(30)28-20-13-16(25(31)37-3)9-11-18(20)26(32)38-4/h5-14H,15H2,1-4H3,(H,28,30). The zero-order valence-electron chi connectivity index (χ0n) is 21.4. The number of carbonyl (C=O) groups is 3. The van der Waals surface area contributed by atoms with Crippen molar-refractivity contribution in [1.82, 2.24) is 0 Å². The van der Waals surface area contributed by atoms with Gasteiger partial charge in [0.1, 0.15) is 12.4 Å². The third-order valence-electron chi connectivity index (χ3n) is 5.47. The fourth-order valence-corrected chi connectivity index (χ4v) is 5.00. The lowest BCUT2D eigenvalue weighted by molar-refractivity contribution is -0.114. The molecule has 0 unspecified atom stereocenters. The highest BCUT2D eigenvalue weighted by Crippen LogP contribution is 2.33. The first-order chi connectivity index (χ1) is 18.6. The second kappa shape index (κ2) is 12.3. The Morgan fingerprint density at radius 2 is 1.51 bits per heavy atom. The Hall–Kier alpha value is -4.65. The van der Waals surface area contributed by atoms with Crippen LogP contribution in [0, 0.1) is 5.82 Å². The summed E-state index contributed by atoms with van der Waals surface area (Å²) in [5, 5.41) is 2.41. The summed E-state index contributed by atoms with van der Waals surface area (Å²) in [6.45, 7) is -0.902. The van der Waals surface area contributed by atoms with Crippen LogP contribution in [-0.2, 0) is 24.3 Å². The molecule has 39 heavy (non-hydrogen) atoms. The van der Waals surface area contributed by atoms with Crippen LogP contribution in [0.3, 0.4) is 0 Å². The Morgan fingerprint density at radius 1 is 0.846 bits per heavy atom. The van der Waals surface area contributed by atoms with E-state index in [-0.39, 0.29) is 33.2 Å². The molecule has 3 rings (SSSR count). The van der Waals surface area contributed by atoms with Crippen molar-refractivity contribution >= 4 is 39.2 Å². The first-order valence-electron chi connectivity index (χ1n) is 11.2. The van der Waals surface area contributed by atoms with Crippen LogP contribution >= 0.6 is 0 Å². The largest absolute Gasteiger partial charge is 0.493 e. The lowest BCUT2D eigenvalue weighted by Gasteiger charge is -2.25.